The first kappa shape index (κ1) is 23.5. The van der Waals surface area contributed by atoms with Gasteiger partial charge in [-0.3, -0.25) is 15.7 Å². The molecule has 11 heteroatoms. The first-order chi connectivity index (χ1) is 15.2. The summed E-state index contributed by atoms with van der Waals surface area (Å²) in [6, 6.07) is 0.0230. The van der Waals surface area contributed by atoms with Crippen molar-refractivity contribution in [1.82, 2.24) is 35.1 Å². The zero-order valence-electron chi connectivity index (χ0n) is 20.8. The van der Waals surface area contributed by atoms with E-state index >= 15 is 4.39 Å². The standard InChI is InChI=1S/C22H36FN9O/c1-13-10-30(8)20(2,3)12-31(13)19(33)32-11-14-16(21(32,4)5)27-28-17(14)22(24)15(23)9-25-18(26-22)29(6)7/h9,13H,10-12,24H2,1-8H3,(H,25,26)(H,27,28)/t13-,22?/m0/s1. The lowest BCUT2D eigenvalue weighted by molar-refractivity contribution is 0.00688. The molecule has 0 saturated carbocycles. The van der Waals surface area contributed by atoms with E-state index in [0.29, 0.717) is 23.8 Å². The van der Waals surface area contributed by atoms with Crippen molar-refractivity contribution in [3.8, 4) is 0 Å². The second kappa shape index (κ2) is 7.42. The van der Waals surface area contributed by atoms with Gasteiger partial charge >= 0.3 is 6.03 Å². The molecule has 10 nitrogen and oxygen atoms in total. The number of urea groups is 1. The summed E-state index contributed by atoms with van der Waals surface area (Å²) < 4.78 is 15.0. The van der Waals surface area contributed by atoms with E-state index in [1.165, 1.54) is 6.20 Å². The van der Waals surface area contributed by atoms with Crippen LogP contribution in [0.1, 0.15) is 51.6 Å². The van der Waals surface area contributed by atoms with Crippen molar-refractivity contribution >= 4 is 12.0 Å². The van der Waals surface area contributed by atoms with Gasteiger partial charge in [-0.15, -0.1) is 0 Å². The number of amides is 2. The molecule has 2 atom stereocenters. The quantitative estimate of drug-likeness (QED) is 0.584. The van der Waals surface area contributed by atoms with E-state index in [-0.39, 0.29) is 24.2 Å². The lowest BCUT2D eigenvalue weighted by Gasteiger charge is -2.50. The van der Waals surface area contributed by atoms with E-state index in [1.807, 2.05) is 23.6 Å². The molecule has 1 aromatic rings. The Hall–Kier alpha value is -2.66. The number of aromatic nitrogens is 2. The van der Waals surface area contributed by atoms with Crippen molar-refractivity contribution in [3.05, 3.63) is 29.0 Å². The summed E-state index contributed by atoms with van der Waals surface area (Å²) >= 11 is 0. The molecule has 0 radical (unpaired) electrons. The SMILES string of the molecule is C[C@H]1CN(C)C(C)(C)CN1C(=O)N1Cc2c(C3(N)N=C(N(C)C)NC=C3F)n[nH]c2C1(C)C. The van der Waals surface area contributed by atoms with Gasteiger partial charge in [-0.25, -0.2) is 14.2 Å². The summed E-state index contributed by atoms with van der Waals surface area (Å²) in [5, 5.41) is 10.2. The summed E-state index contributed by atoms with van der Waals surface area (Å²) in [4.78, 5) is 26.0. The first-order valence-corrected chi connectivity index (χ1v) is 11.3. The number of rotatable bonds is 1. The molecule has 0 spiro atoms. The van der Waals surface area contributed by atoms with Crippen molar-refractivity contribution in [2.24, 2.45) is 10.7 Å². The van der Waals surface area contributed by atoms with Gasteiger partial charge in [-0.2, -0.15) is 5.10 Å². The van der Waals surface area contributed by atoms with Crippen molar-refractivity contribution in [2.45, 2.75) is 63.9 Å². The largest absolute Gasteiger partial charge is 0.349 e. The van der Waals surface area contributed by atoms with Crippen LogP contribution in [0.3, 0.4) is 0 Å². The highest BCUT2D eigenvalue weighted by atomic mass is 19.1. The molecule has 4 N–H and O–H groups in total. The zero-order chi connectivity index (χ0) is 24.5. The third-order valence-corrected chi connectivity index (χ3v) is 7.37. The number of hydrogen-bond donors (Lipinski definition) is 3. The Morgan fingerprint density at radius 3 is 2.61 bits per heavy atom. The Bertz CT molecular complexity index is 1030. The van der Waals surface area contributed by atoms with Gasteiger partial charge in [-0.05, 0) is 41.7 Å². The number of H-pyrrole nitrogens is 1. The molecule has 1 unspecified atom stereocenters. The van der Waals surface area contributed by atoms with Gasteiger partial charge in [0.25, 0.3) is 0 Å². The molecular formula is C22H36FN9O. The number of nitrogens with zero attached hydrogens (tertiary/aromatic N) is 6. The van der Waals surface area contributed by atoms with Crippen LogP contribution >= 0.6 is 0 Å². The van der Waals surface area contributed by atoms with Crippen molar-refractivity contribution in [1.29, 1.82) is 0 Å². The summed E-state index contributed by atoms with van der Waals surface area (Å²) in [6.45, 7) is 12.0. The number of nitrogens with two attached hydrogens (primary N) is 1. The molecule has 33 heavy (non-hydrogen) atoms. The lowest BCUT2D eigenvalue weighted by atomic mass is 9.96. The average molecular weight is 462 g/mol. The molecule has 1 saturated heterocycles. The number of nitrogens with one attached hydrogen (secondary N) is 2. The van der Waals surface area contributed by atoms with Gasteiger partial charge in [0.2, 0.25) is 5.66 Å². The monoisotopic (exact) mass is 461 g/mol. The minimum atomic E-state index is -1.77. The van der Waals surface area contributed by atoms with Gasteiger partial charge < -0.3 is 20.0 Å². The van der Waals surface area contributed by atoms with E-state index in [0.717, 1.165) is 12.2 Å². The Kier molecular flexibility index (Phi) is 5.29. The van der Waals surface area contributed by atoms with Crippen LogP contribution in [0.25, 0.3) is 0 Å². The number of hydrogen-bond acceptors (Lipinski definition) is 7. The molecule has 0 aliphatic carbocycles. The molecule has 3 aliphatic rings. The summed E-state index contributed by atoms with van der Waals surface area (Å²) in [5.74, 6) is -0.214. The normalized spacial score (nSPS) is 28.7. The van der Waals surface area contributed by atoms with Crippen LogP contribution in [0, 0.1) is 0 Å². The molecule has 0 bridgehead atoms. The number of likely N-dealkylation sites (N-methyl/N-ethyl adjacent to an activating group) is 1. The smallest absolute Gasteiger partial charge is 0.321 e. The van der Waals surface area contributed by atoms with Crippen LogP contribution in [-0.2, 0) is 17.7 Å². The van der Waals surface area contributed by atoms with E-state index in [2.05, 4.69) is 53.2 Å². The summed E-state index contributed by atoms with van der Waals surface area (Å²) in [7, 11) is 5.67. The Morgan fingerprint density at radius 1 is 1.30 bits per heavy atom. The maximum absolute atomic E-state index is 15.0. The molecular weight excluding hydrogens is 425 g/mol. The number of piperazine rings is 1. The highest BCUT2D eigenvalue weighted by Crippen LogP contribution is 2.44. The van der Waals surface area contributed by atoms with E-state index < -0.39 is 17.0 Å². The molecule has 3 aliphatic heterocycles. The molecule has 182 valence electrons. The van der Waals surface area contributed by atoms with Gasteiger partial charge in [0.1, 0.15) is 5.69 Å². The second-order valence-electron chi connectivity index (χ2n) is 10.8. The minimum Gasteiger partial charge on any atom is -0.349 e. The Balaban J connectivity index is 1.69. The number of carbonyl (C=O) groups excluding carboxylic acids is 1. The topological polar surface area (TPSA) is 109 Å². The van der Waals surface area contributed by atoms with Gasteiger partial charge in [0, 0.05) is 50.5 Å². The fraction of sp³-hybridized carbons (Fsp3) is 0.682. The summed E-state index contributed by atoms with van der Waals surface area (Å²) in [6.07, 6.45) is 1.21. The molecule has 4 rings (SSSR count). The van der Waals surface area contributed by atoms with Crippen molar-refractivity contribution in [2.75, 3.05) is 34.2 Å². The average Bonchev–Trinajstić information content (AvgIpc) is 3.25. The number of carbonyl (C=O) groups is 1. The van der Waals surface area contributed by atoms with E-state index in [9.17, 15) is 4.79 Å². The molecule has 1 fully saturated rings. The third-order valence-electron chi connectivity index (χ3n) is 7.37. The predicted octanol–water partition coefficient (Wildman–Crippen LogP) is 1.44. The fourth-order valence-corrected chi connectivity index (χ4v) is 4.87. The second-order valence-corrected chi connectivity index (χ2v) is 10.8. The zero-order valence-corrected chi connectivity index (χ0v) is 20.8. The minimum absolute atomic E-state index is 0.0471. The number of halogens is 1. The van der Waals surface area contributed by atoms with Crippen LogP contribution in [0.5, 0.6) is 0 Å². The van der Waals surface area contributed by atoms with E-state index in [4.69, 9.17) is 5.73 Å². The fourth-order valence-electron chi connectivity index (χ4n) is 4.87. The van der Waals surface area contributed by atoms with Crippen LogP contribution in [-0.4, -0.2) is 87.6 Å². The lowest BCUT2D eigenvalue weighted by Crippen LogP contribution is -2.65. The van der Waals surface area contributed by atoms with Gasteiger partial charge in [0.15, 0.2) is 11.8 Å². The van der Waals surface area contributed by atoms with Crippen LogP contribution in [0.4, 0.5) is 9.18 Å². The van der Waals surface area contributed by atoms with Gasteiger partial charge in [-0.1, -0.05) is 0 Å². The Labute approximate surface area is 194 Å². The van der Waals surface area contributed by atoms with Crippen molar-refractivity contribution in [3.63, 3.8) is 0 Å². The number of fused-ring (bicyclic) bond motifs is 1. The predicted molar refractivity (Wildman–Crippen MR) is 125 cm³/mol. The van der Waals surface area contributed by atoms with Crippen molar-refractivity contribution < 1.29 is 9.18 Å². The van der Waals surface area contributed by atoms with Crippen LogP contribution < -0.4 is 11.1 Å². The van der Waals surface area contributed by atoms with E-state index in [1.54, 1.807) is 19.0 Å². The number of aromatic amines is 1. The molecule has 1 aromatic heterocycles. The molecule has 2 amide bonds. The maximum Gasteiger partial charge on any atom is 0.321 e. The third kappa shape index (κ3) is 3.48. The molecule has 4 heterocycles. The highest BCUT2D eigenvalue weighted by Gasteiger charge is 2.51. The Morgan fingerprint density at radius 2 is 1.97 bits per heavy atom. The maximum atomic E-state index is 15.0. The van der Waals surface area contributed by atoms with Crippen LogP contribution in [0.2, 0.25) is 0 Å². The highest BCUT2D eigenvalue weighted by molar-refractivity contribution is 5.82. The molecule has 0 aromatic carbocycles. The number of aliphatic imine (C=N–C) groups is 1. The number of guanidine groups is 1. The van der Waals surface area contributed by atoms with Gasteiger partial charge in [0.05, 0.1) is 17.8 Å². The van der Waals surface area contributed by atoms with Crippen LogP contribution in [0.15, 0.2) is 17.0 Å². The first-order valence-electron chi connectivity index (χ1n) is 11.3. The summed E-state index contributed by atoms with van der Waals surface area (Å²) in [5.41, 5.74) is 5.69.